The molecule has 1 aliphatic rings. The highest BCUT2D eigenvalue weighted by molar-refractivity contribution is 5.89. The lowest BCUT2D eigenvalue weighted by molar-refractivity contribution is -0.274. The number of aliphatic hydroxyl groups is 1. The lowest BCUT2D eigenvalue weighted by atomic mass is 9.80. The molecule has 1 aromatic carbocycles. The predicted octanol–water partition coefficient (Wildman–Crippen LogP) is 2.62. The van der Waals surface area contributed by atoms with Gasteiger partial charge in [0.15, 0.2) is 0 Å². The molecule has 1 aromatic rings. The van der Waals surface area contributed by atoms with Crippen molar-refractivity contribution in [2.24, 2.45) is 0 Å². The minimum atomic E-state index is -4.75. The van der Waals surface area contributed by atoms with Gasteiger partial charge in [-0.05, 0) is 43.5 Å². The third kappa shape index (κ3) is 4.82. The monoisotopic (exact) mass is 304 g/mol. The molecule has 21 heavy (non-hydrogen) atoms. The van der Waals surface area contributed by atoms with Crippen molar-refractivity contribution in [3.63, 3.8) is 0 Å². The smallest absolute Gasteiger partial charge is 0.406 e. The Labute approximate surface area is 119 Å². The summed E-state index contributed by atoms with van der Waals surface area (Å²) in [5.41, 5.74) is -0.510. The SMILES string of the molecule is O=C(NCC1(O)CCC1)Nc1ccc(OC(F)(F)F)cc1. The van der Waals surface area contributed by atoms with Crippen LogP contribution in [0.2, 0.25) is 0 Å². The molecule has 0 radical (unpaired) electrons. The van der Waals surface area contributed by atoms with Crippen LogP contribution in [0.4, 0.5) is 23.7 Å². The van der Waals surface area contributed by atoms with Crippen molar-refractivity contribution in [1.82, 2.24) is 5.32 Å². The molecule has 0 aliphatic heterocycles. The highest BCUT2D eigenvalue weighted by atomic mass is 19.4. The average molecular weight is 304 g/mol. The first kappa shape index (κ1) is 15.4. The van der Waals surface area contributed by atoms with Crippen LogP contribution in [0.1, 0.15) is 19.3 Å². The van der Waals surface area contributed by atoms with Crippen molar-refractivity contribution < 1.29 is 27.8 Å². The number of carbonyl (C=O) groups is 1. The molecule has 0 heterocycles. The summed E-state index contributed by atoms with van der Waals surface area (Å²) in [4.78, 5) is 11.6. The molecule has 0 atom stereocenters. The Morgan fingerprint density at radius 3 is 2.38 bits per heavy atom. The highest BCUT2D eigenvalue weighted by Crippen LogP contribution is 2.30. The maximum atomic E-state index is 12.0. The van der Waals surface area contributed by atoms with Gasteiger partial charge in [0.25, 0.3) is 0 Å². The zero-order valence-corrected chi connectivity index (χ0v) is 11.0. The first-order valence-electron chi connectivity index (χ1n) is 6.39. The number of benzene rings is 1. The van der Waals surface area contributed by atoms with Crippen LogP contribution >= 0.6 is 0 Å². The standard InChI is InChI=1S/C13H15F3N2O3/c14-13(15,16)21-10-4-2-9(3-5-10)18-11(19)17-8-12(20)6-1-7-12/h2-5,20H,1,6-8H2,(H2,17,18,19). The number of nitrogens with one attached hydrogen (secondary N) is 2. The fourth-order valence-corrected chi connectivity index (χ4v) is 1.92. The Bertz CT molecular complexity index is 498. The van der Waals surface area contributed by atoms with Crippen LogP contribution in [0.5, 0.6) is 5.75 Å². The summed E-state index contributed by atoms with van der Waals surface area (Å²) in [6, 6.07) is 4.25. The molecule has 3 N–H and O–H groups in total. The molecular formula is C13H15F3N2O3. The van der Waals surface area contributed by atoms with Gasteiger partial charge in [0, 0.05) is 12.2 Å². The lowest BCUT2D eigenvalue weighted by Crippen LogP contribution is -2.48. The molecule has 0 spiro atoms. The van der Waals surface area contributed by atoms with Crippen LogP contribution in [0.3, 0.4) is 0 Å². The summed E-state index contributed by atoms with van der Waals surface area (Å²) < 4.78 is 39.6. The van der Waals surface area contributed by atoms with Gasteiger partial charge in [-0.15, -0.1) is 13.2 Å². The first-order valence-corrected chi connectivity index (χ1v) is 6.39. The van der Waals surface area contributed by atoms with Crippen molar-refractivity contribution in [2.45, 2.75) is 31.2 Å². The summed E-state index contributed by atoms with van der Waals surface area (Å²) in [6.07, 6.45) is -2.52. The first-order chi connectivity index (χ1) is 9.76. The van der Waals surface area contributed by atoms with Gasteiger partial charge >= 0.3 is 12.4 Å². The Kier molecular flexibility index (Phi) is 4.26. The molecule has 1 aliphatic carbocycles. The molecule has 8 heteroatoms. The Hall–Kier alpha value is -1.96. The van der Waals surface area contributed by atoms with E-state index in [1.165, 1.54) is 12.1 Å². The van der Waals surface area contributed by atoms with E-state index < -0.39 is 18.0 Å². The summed E-state index contributed by atoms with van der Waals surface area (Å²) in [5, 5.41) is 14.8. The number of anilines is 1. The molecule has 2 rings (SSSR count). The van der Waals surface area contributed by atoms with E-state index in [1.807, 2.05) is 0 Å². The Balaban J connectivity index is 1.81. The molecule has 0 bridgehead atoms. The average Bonchev–Trinajstić information content (AvgIpc) is 2.35. The second-order valence-electron chi connectivity index (χ2n) is 4.96. The maximum absolute atomic E-state index is 12.0. The van der Waals surface area contributed by atoms with Gasteiger partial charge in [0.1, 0.15) is 5.75 Å². The fraction of sp³-hybridized carbons (Fsp3) is 0.462. The van der Waals surface area contributed by atoms with E-state index in [0.29, 0.717) is 18.5 Å². The minimum Gasteiger partial charge on any atom is -0.406 e. The van der Waals surface area contributed by atoms with Gasteiger partial charge in [-0.25, -0.2) is 4.79 Å². The molecule has 116 valence electrons. The van der Waals surface area contributed by atoms with Crippen LogP contribution in [0.15, 0.2) is 24.3 Å². The number of rotatable bonds is 4. The second kappa shape index (κ2) is 5.80. The van der Waals surface area contributed by atoms with Crippen LogP contribution in [0.25, 0.3) is 0 Å². The molecule has 1 fully saturated rings. The zero-order chi connectivity index (χ0) is 15.5. The number of hydrogen-bond donors (Lipinski definition) is 3. The Morgan fingerprint density at radius 1 is 1.29 bits per heavy atom. The molecule has 0 unspecified atom stereocenters. The molecular weight excluding hydrogens is 289 g/mol. The van der Waals surface area contributed by atoms with Crippen molar-refractivity contribution >= 4 is 11.7 Å². The zero-order valence-electron chi connectivity index (χ0n) is 11.0. The largest absolute Gasteiger partial charge is 0.573 e. The van der Waals surface area contributed by atoms with Gasteiger partial charge in [-0.1, -0.05) is 0 Å². The van der Waals surface area contributed by atoms with Gasteiger partial charge in [0.05, 0.1) is 5.60 Å². The van der Waals surface area contributed by atoms with Crippen molar-refractivity contribution in [3.05, 3.63) is 24.3 Å². The van der Waals surface area contributed by atoms with E-state index in [2.05, 4.69) is 15.4 Å². The van der Waals surface area contributed by atoms with E-state index in [9.17, 15) is 23.1 Å². The molecule has 2 amide bonds. The van der Waals surface area contributed by atoms with Crippen LogP contribution in [-0.4, -0.2) is 29.6 Å². The third-order valence-corrected chi connectivity index (χ3v) is 3.21. The summed E-state index contributed by atoms with van der Waals surface area (Å²) in [5.74, 6) is -0.364. The second-order valence-corrected chi connectivity index (χ2v) is 4.96. The molecule has 5 nitrogen and oxygen atoms in total. The molecule has 0 saturated heterocycles. The van der Waals surface area contributed by atoms with Gasteiger partial charge < -0.3 is 20.5 Å². The number of ether oxygens (including phenoxy) is 1. The maximum Gasteiger partial charge on any atom is 0.573 e. The van der Waals surface area contributed by atoms with Crippen molar-refractivity contribution in [3.8, 4) is 5.75 Å². The van der Waals surface area contributed by atoms with Crippen LogP contribution in [-0.2, 0) is 0 Å². The Morgan fingerprint density at radius 2 is 1.90 bits per heavy atom. The number of alkyl halides is 3. The van der Waals surface area contributed by atoms with E-state index in [1.54, 1.807) is 0 Å². The van der Waals surface area contributed by atoms with Gasteiger partial charge in [-0.3, -0.25) is 0 Å². The minimum absolute atomic E-state index is 0.147. The quantitative estimate of drug-likeness (QED) is 0.801. The van der Waals surface area contributed by atoms with Crippen LogP contribution < -0.4 is 15.4 Å². The number of carbonyl (C=O) groups excluding carboxylic acids is 1. The van der Waals surface area contributed by atoms with E-state index in [-0.39, 0.29) is 12.3 Å². The number of hydrogen-bond acceptors (Lipinski definition) is 3. The van der Waals surface area contributed by atoms with Crippen molar-refractivity contribution in [2.75, 3.05) is 11.9 Å². The van der Waals surface area contributed by atoms with E-state index in [4.69, 9.17) is 0 Å². The topological polar surface area (TPSA) is 70.6 Å². The number of halogens is 3. The normalized spacial score (nSPS) is 16.8. The number of amides is 2. The lowest BCUT2D eigenvalue weighted by Gasteiger charge is -2.36. The summed E-state index contributed by atoms with van der Waals surface area (Å²) in [7, 11) is 0. The summed E-state index contributed by atoms with van der Waals surface area (Å²) >= 11 is 0. The van der Waals surface area contributed by atoms with Gasteiger partial charge in [0.2, 0.25) is 0 Å². The highest BCUT2D eigenvalue weighted by Gasteiger charge is 2.34. The van der Waals surface area contributed by atoms with E-state index in [0.717, 1.165) is 18.6 Å². The number of urea groups is 1. The van der Waals surface area contributed by atoms with E-state index >= 15 is 0 Å². The third-order valence-electron chi connectivity index (χ3n) is 3.21. The van der Waals surface area contributed by atoms with Gasteiger partial charge in [-0.2, -0.15) is 0 Å². The van der Waals surface area contributed by atoms with Crippen molar-refractivity contribution in [1.29, 1.82) is 0 Å². The summed E-state index contributed by atoms with van der Waals surface area (Å²) in [6.45, 7) is 0.147. The molecule has 0 aromatic heterocycles. The van der Waals surface area contributed by atoms with Crippen LogP contribution in [0, 0.1) is 0 Å². The predicted molar refractivity (Wildman–Crippen MR) is 68.9 cm³/mol. The molecule has 1 saturated carbocycles. The fourth-order valence-electron chi connectivity index (χ4n) is 1.92.